The molecule has 1 aromatic heterocycles. The summed E-state index contributed by atoms with van der Waals surface area (Å²) in [6.45, 7) is 6.74. The predicted molar refractivity (Wildman–Crippen MR) is 115 cm³/mol. The Morgan fingerprint density at radius 1 is 1.26 bits per heavy atom. The third-order valence-electron chi connectivity index (χ3n) is 3.85. The number of carbonyl (C=O) groups is 1. The maximum atomic E-state index is 12.4. The van der Waals surface area contributed by atoms with Gasteiger partial charge in [0.1, 0.15) is 5.75 Å². The van der Waals surface area contributed by atoms with E-state index in [1.54, 1.807) is 18.2 Å². The summed E-state index contributed by atoms with van der Waals surface area (Å²) in [4.78, 5) is 17.0. The minimum atomic E-state index is -0.289. The highest BCUT2D eigenvalue weighted by Crippen LogP contribution is 2.29. The smallest absolute Gasteiger partial charge is 0.257 e. The Hall–Kier alpha value is -2.51. The second-order valence-corrected chi connectivity index (χ2v) is 7.67. The number of fused-ring (bicyclic) bond motifs is 1. The lowest BCUT2D eigenvalue weighted by Crippen LogP contribution is -2.34. The standard InChI is InChI=1S/C20H21N3O2S2/c1-4-8-25-15-7-5-6-14(11-15)18(24)22-19(26)23-20-21-17-13(3)9-12(2)10-16(17)27-20/h5-7,9-11H,4,8H2,1-3H3,(H2,21,22,23,24,26). The lowest BCUT2D eigenvalue weighted by Gasteiger charge is -2.09. The topological polar surface area (TPSA) is 63.2 Å². The van der Waals surface area contributed by atoms with Crippen molar-refractivity contribution in [2.45, 2.75) is 27.2 Å². The van der Waals surface area contributed by atoms with Gasteiger partial charge in [0, 0.05) is 5.56 Å². The van der Waals surface area contributed by atoms with Crippen molar-refractivity contribution in [1.82, 2.24) is 10.3 Å². The Morgan fingerprint density at radius 2 is 2.07 bits per heavy atom. The van der Waals surface area contributed by atoms with Gasteiger partial charge in [0.15, 0.2) is 10.2 Å². The molecule has 0 atom stereocenters. The summed E-state index contributed by atoms with van der Waals surface area (Å²) < 4.78 is 6.65. The molecule has 0 spiro atoms. The number of hydrogen-bond donors (Lipinski definition) is 2. The van der Waals surface area contributed by atoms with Gasteiger partial charge >= 0.3 is 0 Å². The van der Waals surface area contributed by atoms with Crippen molar-refractivity contribution >= 4 is 49.9 Å². The number of ether oxygens (including phenoxy) is 1. The molecule has 2 N–H and O–H groups in total. The normalized spacial score (nSPS) is 10.6. The molecule has 0 saturated carbocycles. The minimum absolute atomic E-state index is 0.216. The summed E-state index contributed by atoms with van der Waals surface area (Å²) >= 11 is 6.78. The fraction of sp³-hybridized carbons (Fsp3) is 0.250. The number of hydrogen-bond acceptors (Lipinski definition) is 5. The van der Waals surface area contributed by atoms with Crippen molar-refractivity contribution in [3.63, 3.8) is 0 Å². The van der Waals surface area contributed by atoms with Crippen LogP contribution in [0.25, 0.3) is 10.2 Å². The zero-order valence-electron chi connectivity index (χ0n) is 15.5. The second kappa shape index (κ2) is 8.45. The first-order valence-electron chi connectivity index (χ1n) is 8.69. The highest BCUT2D eigenvalue weighted by atomic mass is 32.1. The zero-order chi connectivity index (χ0) is 19.4. The molecule has 1 amide bonds. The van der Waals surface area contributed by atoms with E-state index in [9.17, 15) is 4.79 Å². The molecular weight excluding hydrogens is 378 g/mol. The lowest BCUT2D eigenvalue weighted by molar-refractivity contribution is 0.0977. The number of thiocarbonyl (C=S) groups is 1. The molecule has 7 heteroatoms. The average molecular weight is 400 g/mol. The number of thiazole rings is 1. The largest absolute Gasteiger partial charge is 0.494 e. The molecule has 3 rings (SSSR count). The minimum Gasteiger partial charge on any atom is -0.494 e. The zero-order valence-corrected chi connectivity index (χ0v) is 17.1. The van der Waals surface area contributed by atoms with E-state index in [0.29, 0.717) is 23.1 Å². The second-order valence-electron chi connectivity index (χ2n) is 6.23. The SMILES string of the molecule is CCCOc1cccc(C(=O)NC(=S)Nc2nc3c(C)cc(C)cc3s2)c1. The maximum Gasteiger partial charge on any atom is 0.257 e. The summed E-state index contributed by atoms with van der Waals surface area (Å²) in [6.07, 6.45) is 0.908. The molecule has 3 aromatic rings. The van der Waals surface area contributed by atoms with Gasteiger partial charge in [-0.3, -0.25) is 10.1 Å². The molecule has 1 heterocycles. The van der Waals surface area contributed by atoms with Crippen molar-refractivity contribution in [2.75, 3.05) is 11.9 Å². The van der Waals surface area contributed by atoms with Crippen LogP contribution in [0, 0.1) is 13.8 Å². The Morgan fingerprint density at radius 3 is 2.85 bits per heavy atom. The molecule has 5 nitrogen and oxygen atoms in total. The van der Waals surface area contributed by atoms with Gasteiger partial charge in [-0.2, -0.15) is 0 Å². The summed E-state index contributed by atoms with van der Waals surface area (Å²) in [6, 6.07) is 11.2. The molecule has 0 aliphatic rings. The quantitative estimate of drug-likeness (QED) is 0.602. The Kier molecular flexibility index (Phi) is 6.03. The monoisotopic (exact) mass is 399 g/mol. The van der Waals surface area contributed by atoms with Gasteiger partial charge in [-0.1, -0.05) is 30.4 Å². The van der Waals surface area contributed by atoms with Gasteiger partial charge in [-0.05, 0) is 67.9 Å². The van der Waals surface area contributed by atoms with E-state index in [1.165, 1.54) is 16.9 Å². The molecule has 0 unspecified atom stereocenters. The van der Waals surface area contributed by atoms with Gasteiger partial charge in [-0.15, -0.1) is 0 Å². The van der Waals surface area contributed by atoms with Crippen LogP contribution in [-0.2, 0) is 0 Å². The molecule has 0 bridgehead atoms. The van der Waals surface area contributed by atoms with Crippen LogP contribution in [0.1, 0.15) is 34.8 Å². The van der Waals surface area contributed by atoms with Crippen molar-refractivity contribution in [3.8, 4) is 5.75 Å². The number of carbonyl (C=O) groups excluding carboxylic acids is 1. The molecule has 27 heavy (non-hydrogen) atoms. The molecule has 0 radical (unpaired) electrons. The van der Waals surface area contributed by atoms with Crippen molar-refractivity contribution < 1.29 is 9.53 Å². The molecule has 2 aromatic carbocycles. The van der Waals surface area contributed by atoms with E-state index in [4.69, 9.17) is 17.0 Å². The first-order chi connectivity index (χ1) is 13.0. The summed E-state index contributed by atoms with van der Waals surface area (Å²) in [5, 5.41) is 6.57. The fourth-order valence-corrected chi connectivity index (χ4v) is 3.98. The first kappa shape index (κ1) is 19.3. The van der Waals surface area contributed by atoms with E-state index in [2.05, 4.69) is 34.7 Å². The molecule has 140 valence electrons. The van der Waals surface area contributed by atoms with E-state index >= 15 is 0 Å². The van der Waals surface area contributed by atoms with E-state index in [-0.39, 0.29) is 11.0 Å². The van der Waals surface area contributed by atoms with Crippen molar-refractivity contribution in [1.29, 1.82) is 0 Å². The van der Waals surface area contributed by atoms with Gasteiger partial charge in [0.2, 0.25) is 0 Å². The molecular formula is C20H21N3O2S2. The summed E-state index contributed by atoms with van der Waals surface area (Å²) in [5.41, 5.74) is 3.75. The number of rotatable bonds is 5. The van der Waals surface area contributed by atoms with Crippen LogP contribution in [0.15, 0.2) is 36.4 Å². The van der Waals surface area contributed by atoms with Crippen molar-refractivity contribution in [3.05, 3.63) is 53.1 Å². The number of aryl methyl sites for hydroxylation is 2. The Labute approximate surface area is 167 Å². The lowest BCUT2D eigenvalue weighted by atomic mass is 10.1. The van der Waals surface area contributed by atoms with Crippen molar-refractivity contribution in [2.24, 2.45) is 0 Å². The number of benzene rings is 2. The summed E-state index contributed by atoms with van der Waals surface area (Å²) in [5.74, 6) is 0.378. The molecule has 0 fully saturated rings. The van der Waals surface area contributed by atoms with Crippen LogP contribution in [0.5, 0.6) is 5.75 Å². The number of nitrogens with one attached hydrogen (secondary N) is 2. The van der Waals surface area contributed by atoms with Gasteiger partial charge in [0.25, 0.3) is 5.91 Å². The number of amides is 1. The van der Waals surface area contributed by atoms with E-state index < -0.39 is 0 Å². The van der Waals surface area contributed by atoms with Crippen LogP contribution >= 0.6 is 23.6 Å². The molecule has 0 aliphatic carbocycles. The van der Waals surface area contributed by atoms with E-state index in [0.717, 1.165) is 22.2 Å². The molecule has 0 aliphatic heterocycles. The van der Waals surface area contributed by atoms with Gasteiger partial charge < -0.3 is 10.1 Å². The van der Waals surface area contributed by atoms with Crippen LogP contribution in [0.4, 0.5) is 5.13 Å². The fourth-order valence-electron chi connectivity index (χ4n) is 2.67. The maximum absolute atomic E-state index is 12.4. The summed E-state index contributed by atoms with van der Waals surface area (Å²) in [7, 11) is 0. The van der Waals surface area contributed by atoms with Gasteiger partial charge in [0.05, 0.1) is 16.8 Å². The van der Waals surface area contributed by atoms with Crippen LogP contribution < -0.4 is 15.4 Å². The van der Waals surface area contributed by atoms with Crippen LogP contribution in [-0.4, -0.2) is 22.6 Å². The number of aromatic nitrogens is 1. The third-order valence-corrected chi connectivity index (χ3v) is 4.97. The van der Waals surface area contributed by atoms with Crippen LogP contribution in [0.2, 0.25) is 0 Å². The van der Waals surface area contributed by atoms with Gasteiger partial charge in [-0.25, -0.2) is 4.98 Å². The number of nitrogens with zero attached hydrogens (tertiary/aromatic N) is 1. The average Bonchev–Trinajstić information content (AvgIpc) is 3.02. The Balaban J connectivity index is 1.67. The predicted octanol–water partition coefficient (Wildman–Crippen LogP) is 4.83. The Bertz CT molecular complexity index is 998. The number of anilines is 1. The third kappa shape index (κ3) is 4.81. The first-order valence-corrected chi connectivity index (χ1v) is 9.91. The highest BCUT2D eigenvalue weighted by molar-refractivity contribution is 7.80. The highest BCUT2D eigenvalue weighted by Gasteiger charge is 2.12. The molecule has 0 saturated heterocycles. The van der Waals surface area contributed by atoms with E-state index in [1.807, 2.05) is 19.9 Å². The van der Waals surface area contributed by atoms with Crippen LogP contribution in [0.3, 0.4) is 0 Å².